The highest BCUT2D eigenvalue weighted by atomic mass is 19.4. The molecular weight excluding hydrogens is 211 g/mol. The van der Waals surface area contributed by atoms with E-state index in [1.165, 1.54) is 12.1 Å². The fraction of sp³-hybridized carbons (Fsp3) is 0.222. The first-order chi connectivity index (χ1) is 6.98. The average Bonchev–Trinajstić information content (AvgIpc) is 2.15. The largest absolute Gasteiger partial charge is 0.573 e. The van der Waals surface area contributed by atoms with Gasteiger partial charge in [0, 0.05) is 5.56 Å². The number of halogens is 3. The Kier molecular flexibility index (Phi) is 3.17. The summed E-state index contributed by atoms with van der Waals surface area (Å²) in [5.41, 5.74) is -0.212. The summed E-state index contributed by atoms with van der Waals surface area (Å²) in [4.78, 5) is 0. The molecule has 15 heavy (non-hydrogen) atoms. The van der Waals surface area contributed by atoms with E-state index in [9.17, 15) is 13.2 Å². The molecule has 0 amide bonds. The van der Waals surface area contributed by atoms with Gasteiger partial charge in [-0.25, -0.2) is 0 Å². The van der Waals surface area contributed by atoms with Crippen molar-refractivity contribution in [3.05, 3.63) is 29.3 Å². The molecule has 0 aliphatic rings. The van der Waals surface area contributed by atoms with Gasteiger partial charge in [-0.2, -0.15) is 5.26 Å². The second-order valence-electron chi connectivity index (χ2n) is 2.60. The Bertz CT molecular complexity index is 395. The second kappa shape index (κ2) is 4.19. The third-order valence-electron chi connectivity index (χ3n) is 1.64. The summed E-state index contributed by atoms with van der Waals surface area (Å²) in [6.45, 7) is -0.685. The fourth-order valence-electron chi connectivity index (χ4n) is 1.05. The molecule has 0 aliphatic carbocycles. The smallest absolute Gasteiger partial charge is 0.405 e. The van der Waals surface area contributed by atoms with E-state index in [1.807, 2.05) is 0 Å². The highest BCUT2D eigenvalue weighted by molar-refractivity contribution is 5.46. The maximum absolute atomic E-state index is 11.9. The number of rotatable bonds is 2. The van der Waals surface area contributed by atoms with E-state index >= 15 is 0 Å². The van der Waals surface area contributed by atoms with Crippen LogP contribution in [-0.2, 0) is 6.61 Å². The normalized spacial score (nSPS) is 10.9. The third kappa shape index (κ3) is 2.86. The van der Waals surface area contributed by atoms with Crippen LogP contribution >= 0.6 is 0 Å². The zero-order valence-corrected chi connectivity index (χ0v) is 7.38. The monoisotopic (exact) mass is 217 g/mol. The van der Waals surface area contributed by atoms with Crippen molar-refractivity contribution in [1.29, 1.82) is 5.26 Å². The quantitative estimate of drug-likeness (QED) is 0.823. The minimum absolute atomic E-state index is 0.0424. The highest BCUT2D eigenvalue weighted by Gasteiger charge is 2.32. The summed E-state index contributed by atoms with van der Waals surface area (Å²) in [6.07, 6.45) is -4.84. The van der Waals surface area contributed by atoms with Crippen LogP contribution in [0.5, 0.6) is 5.75 Å². The summed E-state index contributed by atoms with van der Waals surface area (Å²) in [5.74, 6) is -0.552. The van der Waals surface area contributed by atoms with E-state index in [0.717, 1.165) is 6.07 Å². The topological polar surface area (TPSA) is 53.2 Å². The molecule has 0 saturated heterocycles. The molecule has 0 radical (unpaired) electrons. The van der Waals surface area contributed by atoms with Crippen LogP contribution in [0, 0.1) is 11.3 Å². The average molecular weight is 217 g/mol. The summed E-state index contributed by atoms with van der Waals surface area (Å²) >= 11 is 0. The molecule has 0 atom stereocenters. The lowest BCUT2D eigenvalue weighted by Crippen LogP contribution is -2.18. The molecular formula is C9H6F3NO2. The number of ether oxygens (including phenoxy) is 1. The van der Waals surface area contributed by atoms with Gasteiger partial charge in [0.25, 0.3) is 0 Å². The highest BCUT2D eigenvalue weighted by Crippen LogP contribution is 2.28. The zero-order valence-electron chi connectivity index (χ0n) is 7.38. The van der Waals surface area contributed by atoms with Crippen LogP contribution in [0.3, 0.4) is 0 Å². The second-order valence-corrected chi connectivity index (χ2v) is 2.60. The predicted octanol–water partition coefficient (Wildman–Crippen LogP) is 1.95. The molecule has 1 aromatic rings. The Morgan fingerprint density at radius 1 is 1.40 bits per heavy atom. The van der Waals surface area contributed by atoms with Crippen molar-refractivity contribution in [1.82, 2.24) is 0 Å². The SMILES string of the molecule is N#Cc1cccc(OC(F)(F)F)c1CO. The van der Waals surface area contributed by atoms with E-state index in [-0.39, 0.29) is 11.1 Å². The number of nitriles is 1. The van der Waals surface area contributed by atoms with Gasteiger partial charge in [-0.05, 0) is 12.1 Å². The first-order valence-corrected chi connectivity index (χ1v) is 3.86. The van der Waals surface area contributed by atoms with E-state index in [1.54, 1.807) is 6.07 Å². The van der Waals surface area contributed by atoms with Crippen LogP contribution in [0.4, 0.5) is 13.2 Å². The summed E-state index contributed by atoms with van der Waals surface area (Å²) in [6, 6.07) is 5.26. The van der Waals surface area contributed by atoms with Crippen molar-refractivity contribution in [2.75, 3.05) is 0 Å². The number of aliphatic hydroxyl groups is 1. The van der Waals surface area contributed by atoms with Crippen molar-refractivity contribution in [2.45, 2.75) is 13.0 Å². The molecule has 1 N–H and O–H groups in total. The molecule has 6 heteroatoms. The maximum atomic E-state index is 11.9. The van der Waals surface area contributed by atoms with Gasteiger partial charge in [-0.3, -0.25) is 0 Å². The molecule has 0 saturated carbocycles. The van der Waals surface area contributed by atoms with Crippen molar-refractivity contribution >= 4 is 0 Å². The molecule has 80 valence electrons. The van der Waals surface area contributed by atoms with Crippen LogP contribution < -0.4 is 4.74 Å². The maximum Gasteiger partial charge on any atom is 0.573 e. The molecule has 0 spiro atoms. The van der Waals surface area contributed by atoms with Crippen LogP contribution in [0.1, 0.15) is 11.1 Å². The molecule has 0 aromatic heterocycles. The molecule has 1 aromatic carbocycles. The lowest BCUT2D eigenvalue weighted by Gasteiger charge is -2.12. The number of nitrogens with zero attached hydrogens (tertiary/aromatic N) is 1. The Morgan fingerprint density at radius 3 is 2.53 bits per heavy atom. The van der Waals surface area contributed by atoms with Crippen LogP contribution in [0.15, 0.2) is 18.2 Å². The van der Waals surface area contributed by atoms with E-state index in [0.29, 0.717) is 0 Å². The van der Waals surface area contributed by atoms with Gasteiger partial charge in [0.1, 0.15) is 5.75 Å². The first-order valence-electron chi connectivity index (χ1n) is 3.86. The van der Waals surface area contributed by atoms with E-state index in [2.05, 4.69) is 4.74 Å². The molecule has 0 bridgehead atoms. The van der Waals surface area contributed by atoms with Gasteiger partial charge in [-0.15, -0.1) is 13.2 Å². The Hall–Kier alpha value is -1.74. The lowest BCUT2D eigenvalue weighted by atomic mass is 10.1. The van der Waals surface area contributed by atoms with Gasteiger partial charge in [0.15, 0.2) is 0 Å². The summed E-state index contributed by atoms with van der Waals surface area (Å²) < 4.78 is 39.4. The number of benzene rings is 1. The minimum atomic E-state index is -4.84. The molecule has 0 heterocycles. The molecule has 1 rings (SSSR count). The van der Waals surface area contributed by atoms with Crippen molar-refractivity contribution < 1.29 is 23.0 Å². The predicted molar refractivity (Wildman–Crippen MR) is 43.8 cm³/mol. The molecule has 0 unspecified atom stereocenters. The van der Waals surface area contributed by atoms with Gasteiger partial charge in [-0.1, -0.05) is 6.07 Å². The van der Waals surface area contributed by atoms with Gasteiger partial charge in [0.05, 0.1) is 18.2 Å². The van der Waals surface area contributed by atoms with Gasteiger partial charge in [0.2, 0.25) is 0 Å². The van der Waals surface area contributed by atoms with Crippen molar-refractivity contribution in [3.63, 3.8) is 0 Å². The zero-order chi connectivity index (χ0) is 11.5. The number of hydrogen-bond acceptors (Lipinski definition) is 3. The van der Waals surface area contributed by atoms with Gasteiger partial charge >= 0.3 is 6.36 Å². The number of hydrogen-bond donors (Lipinski definition) is 1. The Labute approximate surface area is 83.3 Å². The van der Waals surface area contributed by atoms with Gasteiger partial charge < -0.3 is 9.84 Å². The van der Waals surface area contributed by atoms with Crippen molar-refractivity contribution in [2.24, 2.45) is 0 Å². The van der Waals surface area contributed by atoms with Crippen LogP contribution in [-0.4, -0.2) is 11.5 Å². The molecule has 0 aliphatic heterocycles. The summed E-state index contributed by atoms with van der Waals surface area (Å²) in [5, 5.41) is 17.4. The number of alkyl halides is 3. The van der Waals surface area contributed by atoms with Crippen LogP contribution in [0.25, 0.3) is 0 Å². The van der Waals surface area contributed by atoms with Crippen LogP contribution in [0.2, 0.25) is 0 Å². The standard InChI is InChI=1S/C9H6F3NO2/c10-9(11,12)15-8-3-1-2-6(4-13)7(8)5-14/h1-3,14H,5H2. The molecule has 3 nitrogen and oxygen atoms in total. The fourth-order valence-corrected chi connectivity index (χ4v) is 1.05. The van der Waals surface area contributed by atoms with Crippen molar-refractivity contribution in [3.8, 4) is 11.8 Å². The Balaban J connectivity index is 3.14. The summed E-state index contributed by atoms with van der Waals surface area (Å²) in [7, 11) is 0. The number of aliphatic hydroxyl groups excluding tert-OH is 1. The lowest BCUT2D eigenvalue weighted by molar-refractivity contribution is -0.275. The molecule has 0 fully saturated rings. The van der Waals surface area contributed by atoms with E-state index in [4.69, 9.17) is 10.4 Å². The minimum Gasteiger partial charge on any atom is -0.405 e. The van der Waals surface area contributed by atoms with E-state index < -0.39 is 18.7 Å². The first kappa shape index (κ1) is 11.3. The Morgan fingerprint density at radius 2 is 2.07 bits per heavy atom. The third-order valence-corrected chi connectivity index (χ3v) is 1.64.